The molecule has 0 saturated carbocycles. The summed E-state index contributed by atoms with van der Waals surface area (Å²) in [6.45, 7) is 3.42. The molecule has 5 heteroatoms. The van der Waals surface area contributed by atoms with E-state index in [1.807, 2.05) is 13.1 Å². The smallest absolute Gasteiger partial charge is 0.231 e. The van der Waals surface area contributed by atoms with Crippen LogP contribution in [0.25, 0.3) is 0 Å². The van der Waals surface area contributed by atoms with Crippen LogP contribution in [0.3, 0.4) is 0 Å². The lowest BCUT2D eigenvalue weighted by Crippen LogP contribution is -2.33. The minimum absolute atomic E-state index is 0.292. The standard InChI is InChI=1S/C15H22N2O3/c1-16-13(9-17-6-5-12(8-17)18-2)11-3-4-14-15(7-11)20-10-19-14/h3-4,7,12-13,16H,5-6,8-10H2,1-2H3. The lowest BCUT2D eigenvalue weighted by atomic mass is 10.1. The van der Waals surface area contributed by atoms with E-state index in [2.05, 4.69) is 22.3 Å². The Bertz CT molecular complexity index is 466. The van der Waals surface area contributed by atoms with Gasteiger partial charge in [0.15, 0.2) is 11.5 Å². The minimum atomic E-state index is 0.292. The number of rotatable bonds is 5. The molecule has 0 aliphatic carbocycles. The molecule has 0 radical (unpaired) electrons. The highest BCUT2D eigenvalue weighted by atomic mass is 16.7. The van der Waals surface area contributed by atoms with Gasteiger partial charge in [0.05, 0.1) is 6.10 Å². The first-order chi connectivity index (χ1) is 9.80. The van der Waals surface area contributed by atoms with Crippen molar-refractivity contribution in [3.8, 4) is 11.5 Å². The second kappa shape index (κ2) is 5.99. The zero-order chi connectivity index (χ0) is 13.9. The molecule has 20 heavy (non-hydrogen) atoms. The third kappa shape index (κ3) is 2.75. The zero-order valence-electron chi connectivity index (χ0n) is 12.1. The van der Waals surface area contributed by atoms with Gasteiger partial charge in [0.25, 0.3) is 0 Å². The molecule has 2 atom stereocenters. The Morgan fingerprint density at radius 1 is 1.40 bits per heavy atom. The quantitative estimate of drug-likeness (QED) is 0.882. The van der Waals surface area contributed by atoms with Gasteiger partial charge in [0.2, 0.25) is 6.79 Å². The highest BCUT2D eigenvalue weighted by Gasteiger charge is 2.25. The first kappa shape index (κ1) is 13.7. The molecule has 1 saturated heterocycles. The molecule has 1 N–H and O–H groups in total. The molecule has 1 fully saturated rings. The van der Waals surface area contributed by atoms with E-state index in [-0.39, 0.29) is 0 Å². The average Bonchev–Trinajstić information content (AvgIpc) is 3.12. The summed E-state index contributed by atoms with van der Waals surface area (Å²) in [4.78, 5) is 2.44. The minimum Gasteiger partial charge on any atom is -0.454 e. The number of likely N-dealkylation sites (N-methyl/N-ethyl adjacent to an activating group) is 1. The Morgan fingerprint density at radius 3 is 3.00 bits per heavy atom. The first-order valence-corrected chi connectivity index (χ1v) is 7.12. The third-order valence-electron chi connectivity index (χ3n) is 4.15. The Morgan fingerprint density at radius 2 is 2.25 bits per heavy atom. The monoisotopic (exact) mass is 278 g/mol. The van der Waals surface area contributed by atoms with Gasteiger partial charge in [-0.05, 0) is 31.2 Å². The molecular formula is C15H22N2O3. The SMILES string of the molecule is CNC(CN1CCC(OC)C1)c1ccc2c(c1)OCO2. The van der Waals surface area contributed by atoms with Crippen LogP contribution in [-0.4, -0.2) is 51.6 Å². The van der Waals surface area contributed by atoms with E-state index in [9.17, 15) is 0 Å². The molecular weight excluding hydrogens is 256 g/mol. The van der Waals surface area contributed by atoms with Gasteiger partial charge in [-0.2, -0.15) is 0 Å². The average molecular weight is 278 g/mol. The summed E-state index contributed by atoms with van der Waals surface area (Å²) in [5.41, 5.74) is 1.23. The predicted molar refractivity (Wildman–Crippen MR) is 76.2 cm³/mol. The highest BCUT2D eigenvalue weighted by Crippen LogP contribution is 2.34. The normalized spacial score (nSPS) is 23.2. The predicted octanol–water partition coefficient (Wildman–Crippen LogP) is 1.40. The second-order valence-electron chi connectivity index (χ2n) is 5.36. The molecule has 0 spiro atoms. The van der Waals surface area contributed by atoms with E-state index in [1.54, 1.807) is 7.11 Å². The Balaban J connectivity index is 1.67. The van der Waals surface area contributed by atoms with Crippen molar-refractivity contribution in [2.24, 2.45) is 0 Å². The fraction of sp³-hybridized carbons (Fsp3) is 0.600. The Labute approximate surface area is 119 Å². The van der Waals surface area contributed by atoms with Crippen LogP contribution in [0.5, 0.6) is 11.5 Å². The number of hydrogen-bond donors (Lipinski definition) is 1. The van der Waals surface area contributed by atoms with Crippen LogP contribution in [0.15, 0.2) is 18.2 Å². The molecule has 5 nitrogen and oxygen atoms in total. The summed E-state index contributed by atoms with van der Waals surface area (Å²) < 4.78 is 16.2. The fourth-order valence-corrected chi connectivity index (χ4v) is 2.91. The molecule has 3 rings (SSSR count). The molecule has 1 aromatic carbocycles. The fourth-order valence-electron chi connectivity index (χ4n) is 2.91. The van der Waals surface area contributed by atoms with E-state index >= 15 is 0 Å². The molecule has 0 amide bonds. The number of benzene rings is 1. The summed E-state index contributed by atoms with van der Waals surface area (Å²) in [7, 11) is 3.79. The number of nitrogens with one attached hydrogen (secondary N) is 1. The molecule has 2 aliphatic heterocycles. The number of methoxy groups -OCH3 is 1. The van der Waals surface area contributed by atoms with Gasteiger partial charge in [-0.15, -0.1) is 0 Å². The maximum absolute atomic E-state index is 5.45. The lowest BCUT2D eigenvalue weighted by Gasteiger charge is -2.24. The van der Waals surface area contributed by atoms with Gasteiger partial charge < -0.3 is 19.5 Å². The van der Waals surface area contributed by atoms with Crippen LogP contribution < -0.4 is 14.8 Å². The van der Waals surface area contributed by atoms with Gasteiger partial charge in [0.1, 0.15) is 0 Å². The molecule has 110 valence electrons. The number of hydrogen-bond acceptors (Lipinski definition) is 5. The first-order valence-electron chi connectivity index (χ1n) is 7.12. The van der Waals surface area contributed by atoms with Gasteiger partial charge in [0, 0.05) is 32.8 Å². The van der Waals surface area contributed by atoms with Crippen molar-refractivity contribution < 1.29 is 14.2 Å². The largest absolute Gasteiger partial charge is 0.454 e. The molecule has 0 aromatic heterocycles. The number of nitrogens with zero attached hydrogens (tertiary/aromatic N) is 1. The van der Waals surface area contributed by atoms with Crippen molar-refractivity contribution in [2.75, 3.05) is 40.6 Å². The van der Waals surface area contributed by atoms with Crippen molar-refractivity contribution in [1.82, 2.24) is 10.2 Å². The topological polar surface area (TPSA) is 43.0 Å². The van der Waals surface area contributed by atoms with Crippen molar-refractivity contribution in [3.05, 3.63) is 23.8 Å². The van der Waals surface area contributed by atoms with Crippen LogP contribution in [0.4, 0.5) is 0 Å². The number of likely N-dealkylation sites (tertiary alicyclic amines) is 1. The van der Waals surface area contributed by atoms with Gasteiger partial charge in [-0.25, -0.2) is 0 Å². The van der Waals surface area contributed by atoms with Crippen molar-refractivity contribution in [1.29, 1.82) is 0 Å². The van der Waals surface area contributed by atoms with Crippen LogP contribution in [-0.2, 0) is 4.74 Å². The summed E-state index contributed by atoms with van der Waals surface area (Å²) in [5, 5.41) is 3.39. The molecule has 1 aromatic rings. The van der Waals surface area contributed by atoms with E-state index in [0.717, 1.165) is 37.6 Å². The molecule has 2 heterocycles. The molecule has 2 unspecified atom stereocenters. The summed E-state index contributed by atoms with van der Waals surface area (Å²) >= 11 is 0. The second-order valence-corrected chi connectivity index (χ2v) is 5.36. The van der Waals surface area contributed by atoms with E-state index in [4.69, 9.17) is 14.2 Å². The summed E-state index contributed by atoms with van der Waals surface area (Å²) in [5.74, 6) is 1.68. The van der Waals surface area contributed by atoms with Crippen molar-refractivity contribution in [3.63, 3.8) is 0 Å². The lowest BCUT2D eigenvalue weighted by molar-refractivity contribution is 0.107. The third-order valence-corrected chi connectivity index (χ3v) is 4.15. The summed E-state index contributed by atoms with van der Waals surface area (Å²) in [6.07, 6.45) is 1.50. The van der Waals surface area contributed by atoms with Crippen LogP contribution >= 0.6 is 0 Å². The van der Waals surface area contributed by atoms with E-state index in [1.165, 1.54) is 5.56 Å². The van der Waals surface area contributed by atoms with Crippen LogP contribution in [0.1, 0.15) is 18.0 Å². The molecule has 2 aliphatic rings. The zero-order valence-corrected chi connectivity index (χ0v) is 12.1. The number of fused-ring (bicyclic) bond motifs is 1. The van der Waals surface area contributed by atoms with E-state index in [0.29, 0.717) is 18.9 Å². The van der Waals surface area contributed by atoms with Gasteiger partial charge >= 0.3 is 0 Å². The van der Waals surface area contributed by atoms with Crippen molar-refractivity contribution in [2.45, 2.75) is 18.6 Å². The summed E-state index contributed by atoms with van der Waals surface area (Å²) in [6, 6.07) is 6.47. The van der Waals surface area contributed by atoms with Crippen LogP contribution in [0, 0.1) is 0 Å². The van der Waals surface area contributed by atoms with Crippen LogP contribution in [0.2, 0.25) is 0 Å². The van der Waals surface area contributed by atoms with Gasteiger partial charge in [-0.3, -0.25) is 4.90 Å². The van der Waals surface area contributed by atoms with Gasteiger partial charge in [-0.1, -0.05) is 6.07 Å². The van der Waals surface area contributed by atoms with E-state index < -0.39 is 0 Å². The van der Waals surface area contributed by atoms with Crippen molar-refractivity contribution >= 4 is 0 Å². The maximum Gasteiger partial charge on any atom is 0.231 e. The Hall–Kier alpha value is -1.30. The highest BCUT2D eigenvalue weighted by molar-refractivity contribution is 5.45. The maximum atomic E-state index is 5.45. The Kier molecular flexibility index (Phi) is 4.10. The number of ether oxygens (including phenoxy) is 3. The molecule has 0 bridgehead atoms.